The van der Waals surface area contributed by atoms with E-state index in [1.54, 1.807) is 54.2 Å². The third kappa shape index (κ3) is 7.24. The van der Waals surface area contributed by atoms with Crippen molar-refractivity contribution in [2.75, 3.05) is 22.9 Å². The minimum Gasteiger partial charge on any atom is -0.258 e. The van der Waals surface area contributed by atoms with Gasteiger partial charge in [0.2, 0.25) is 0 Å². The zero-order valence-corrected chi connectivity index (χ0v) is 26.4. The first-order chi connectivity index (χ1) is 19.8. The summed E-state index contributed by atoms with van der Waals surface area (Å²) < 4.78 is 42.3. The van der Waals surface area contributed by atoms with Crippen molar-refractivity contribution in [2.45, 2.75) is 30.8 Å². The molecule has 0 radical (unpaired) electrons. The maximum absolute atomic E-state index is 14.1. The number of alkyl halides is 3. The van der Waals surface area contributed by atoms with Crippen LogP contribution in [0.5, 0.6) is 0 Å². The second kappa shape index (κ2) is 13.3. The van der Waals surface area contributed by atoms with Crippen molar-refractivity contribution in [3.8, 4) is 0 Å². The summed E-state index contributed by atoms with van der Waals surface area (Å²) in [5, 5.41) is 17.2. The fraction of sp³-hybridized carbons (Fsp3) is 0.286. The van der Waals surface area contributed by atoms with E-state index in [-0.39, 0.29) is 17.1 Å². The van der Waals surface area contributed by atoms with E-state index < -0.39 is 33.1 Å². The van der Waals surface area contributed by atoms with Crippen molar-refractivity contribution in [3.63, 3.8) is 0 Å². The van der Waals surface area contributed by atoms with E-state index in [1.165, 1.54) is 27.5 Å². The van der Waals surface area contributed by atoms with Crippen LogP contribution < -0.4 is 4.31 Å². The number of anilines is 1. The lowest BCUT2D eigenvalue weighted by molar-refractivity contribution is -0.387. The number of carbonyl (C=O) groups is 1. The Hall–Kier alpha value is -2.74. The molecular formula is C28H25BrClF3N4O3S2. The molecule has 0 fully saturated rings. The van der Waals surface area contributed by atoms with E-state index in [0.717, 1.165) is 34.7 Å². The van der Waals surface area contributed by atoms with Crippen LogP contribution in [0.2, 0.25) is 5.02 Å². The van der Waals surface area contributed by atoms with Crippen LogP contribution in [0.3, 0.4) is 0 Å². The van der Waals surface area contributed by atoms with Gasteiger partial charge in [-0.1, -0.05) is 52.7 Å². The quantitative estimate of drug-likeness (QED) is 0.0961. The smallest absolute Gasteiger partial charge is 0.258 e. The molecule has 1 heterocycles. The molecule has 42 heavy (non-hydrogen) atoms. The monoisotopic (exact) mass is 700 g/mol. The summed E-state index contributed by atoms with van der Waals surface area (Å²) >= 11 is 12.0. The number of benzene rings is 3. The van der Waals surface area contributed by atoms with Crippen molar-refractivity contribution >= 4 is 74.4 Å². The predicted octanol–water partition coefficient (Wildman–Crippen LogP) is 9.53. The van der Waals surface area contributed by atoms with Crippen molar-refractivity contribution in [3.05, 3.63) is 97.5 Å². The Labute approximate surface area is 262 Å². The molecule has 0 N–H and O–H groups in total. The standard InChI is InChI=1S/C28H25BrClF3N4O3S2/c1-27(14-5-15-41-2)17-35(34-25(27)18-8-13-21(22(30)16-18)28(31,32)33)26(38)36(20-11-9-19(29)10-12-20)42-24-7-4-3-6-23(24)37(39)40/h3-4,6-13,16H,5,14-15,17H2,1-2H3. The van der Waals surface area contributed by atoms with Crippen molar-refractivity contribution in [2.24, 2.45) is 10.5 Å². The van der Waals surface area contributed by atoms with Gasteiger partial charge >= 0.3 is 12.2 Å². The number of urea groups is 1. The van der Waals surface area contributed by atoms with E-state index in [1.807, 2.05) is 13.2 Å². The lowest BCUT2D eigenvalue weighted by Crippen LogP contribution is -2.39. The maximum atomic E-state index is 14.1. The predicted molar refractivity (Wildman–Crippen MR) is 166 cm³/mol. The molecular weight excluding hydrogens is 677 g/mol. The molecule has 2 amide bonds. The maximum Gasteiger partial charge on any atom is 0.417 e. The molecule has 14 heteroatoms. The molecule has 0 saturated carbocycles. The molecule has 0 aliphatic carbocycles. The van der Waals surface area contributed by atoms with Crippen molar-refractivity contribution < 1.29 is 22.9 Å². The number of hydrogen-bond donors (Lipinski definition) is 0. The summed E-state index contributed by atoms with van der Waals surface area (Å²) in [4.78, 5) is 25.6. The molecule has 1 aliphatic heterocycles. The molecule has 0 spiro atoms. The number of thioether (sulfide) groups is 1. The Bertz CT molecular complexity index is 1510. The van der Waals surface area contributed by atoms with Gasteiger partial charge in [0.25, 0.3) is 5.69 Å². The van der Waals surface area contributed by atoms with Gasteiger partial charge in [0, 0.05) is 27.9 Å². The van der Waals surface area contributed by atoms with Crippen LogP contribution in [0.15, 0.2) is 81.2 Å². The Morgan fingerprint density at radius 2 is 1.88 bits per heavy atom. The largest absolute Gasteiger partial charge is 0.417 e. The van der Waals surface area contributed by atoms with Gasteiger partial charge in [0.1, 0.15) is 4.90 Å². The fourth-order valence-corrected chi connectivity index (χ4v) is 6.52. The van der Waals surface area contributed by atoms with Crippen LogP contribution in [0, 0.1) is 15.5 Å². The van der Waals surface area contributed by atoms with E-state index >= 15 is 0 Å². The van der Waals surface area contributed by atoms with Crippen LogP contribution in [0.25, 0.3) is 0 Å². The highest BCUT2D eigenvalue weighted by atomic mass is 79.9. The number of nitro groups is 1. The summed E-state index contributed by atoms with van der Waals surface area (Å²) in [6, 6.07) is 15.9. The van der Waals surface area contributed by atoms with Crippen molar-refractivity contribution in [1.29, 1.82) is 0 Å². The van der Waals surface area contributed by atoms with E-state index in [4.69, 9.17) is 11.6 Å². The van der Waals surface area contributed by atoms with E-state index in [0.29, 0.717) is 23.4 Å². The molecule has 1 atom stereocenters. The van der Waals surface area contributed by atoms with Gasteiger partial charge in [0.15, 0.2) is 0 Å². The number of rotatable bonds is 9. The normalized spacial score (nSPS) is 16.8. The number of nitro benzene ring substituents is 1. The number of amides is 2. The zero-order chi connectivity index (χ0) is 30.7. The molecule has 0 saturated heterocycles. The second-order valence-electron chi connectivity index (χ2n) is 9.73. The van der Waals surface area contributed by atoms with Gasteiger partial charge in [-0.2, -0.15) is 30.0 Å². The number of halogens is 5. The van der Waals surface area contributed by atoms with Crippen LogP contribution in [0.4, 0.5) is 29.3 Å². The Morgan fingerprint density at radius 3 is 2.50 bits per heavy atom. The van der Waals surface area contributed by atoms with Crippen LogP contribution in [0.1, 0.15) is 30.9 Å². The van der Waals surface area contributed by atoms with E-state index in [9.17, 15) is 28.1 Å². The highest BCUT2D eigenvalue weighted by molar-refractivity contribution is 9.10. The number of hydrogen-bond acceptors (Lipinski definition) is 6. The second-order valence-corrected chi connectivity index (χ2v) is 13.0. The average molecular weight is 702 g/mol. The van der Waals surface area contributed by atoms with Gasteiger partial charge in [-0.3, -0.25) is 10.1 Å². The molecule has 1 aliphatic rings. The number of nitrogens with zero attached hydrogens (tertiary/aromatic N) is 4. The molecule has 1 unspecified atom stereocenters. The van der Waals surface area contributed by atoms with Gasteiger partial charge in [-0.15, -0.1) is 0 Å². The highest BCUT2D eigenvalue weighted by Gasteiger charge is 2.43. The summed E-state index contributed by atoms with van der Waals surface area (Å²) in [5.74, 6) is 0.850. The number of hydrazone groups is 1. The first-order valence-electron chi connectivity index (χ1n) is 12.6. The summed E-state index contributed by atoms with van der Waals surface area (Å²) in [6.45, 7) is 2.07. The summed E-state index contributed by atoms with van der Waals surface area (Å²) in [6.07, 6.45) is -1.23. The lowest BCUT2D eigenvalue weighted by atomic mass is 9.78. The van der Waals surface area contributed by atoms with E-state index in [2.05, 4.69) is 21.0 Å². The SMILES string of the molecule is CSCCCC1(C)CN(C(=O)N(Sc2ccccc2[N+](=O)[O-])c2ccc(Br)cc2)N=C1c1ccc(C(F)(F)F)c(Cl)c1. The van der Waals surface area contributed by atoms with Crippen LogP contribution >= 0.6 is 51.2 Å². The number of para-hydroxylation sites is 1. The van der Waals surface area contributed by atoms with Gasteiger partial charge in [0.05, 0.1) is 33.5 Å². The topological polar surface area (TPSA) is 79.0 Å². The molecule has 4 rings (SSSR count). The Balaban J connectivity index is 1.76. The third-order valence-electron chi connectivity index (χ3n) is 6.62. The molecule has 0 bridgehead atoms. The summed E-state index contributed by atoms with van der Waals surface area (Å²) in [7, 11) is 0. The third-order valence-corrected chi connectivity index (χ3v) is 9.25. The van der Waals surface area contributed by atoms with Gasteiger partial charge in [-0.25, -0.2) is 14.1 Å². The Morgan fingerprint density at radius 1 is 1.19 bits per heavy atom. The zero-order valence-electron chi connectivity index (χ0n) is 22.4. The first-order valence-corrected chi connectivity index (χ1v) is 15.9. The van der Waals surface area contributed by atoms with Crippen LogP contribution in [-0.4, -0.2) is 40.2 Å². The first kappa shape index (κ1) is 32.2. The van der Waals surface area contributed by atoms with Gasteiger partial charge in [-0.05, 0) is 72.9 Å². The summed E-state index contributed by atoms with van der Waals surface area (Å²) in [5.41, 5.74) is -0.522. The molecule has 7 nitrogen and oxygen atoms in total. The Kier molecular flexibility index (Phi) is 10.2. The molecule has 3 aromatic carbocycles. The average Bonchev–Trinajstić information content (AvgIpc) is 3.28. The minimum atomic E-state index is -4.61. The number of carbonyl (C=O) groups excluding carboxylic acids is 1. The van der Waals surface area contributed by atoms with Gasteiger partial charge < -0.3 is 0 Å². The molecule has 222 valence electrons. The fourth-order valence-electron chi connectivity index (χ4n) is 4.56. The van der Waals surface area contributed by atoms with Crippen molar-refractivity contribution in [1.82, 2.24) is 5.01 Å². The van der Waals surface area contributed by atoms with Crippen LogP contribution in [-0.2, 0) is 6.18 Å². The molecule has 0 aromatic heterocycles. The molecule has 3 aromatic rings. The highest BCUT2D eigenvalue weighted by Crippen LogP contribution is 2.42. The lowest BCUT2D eigenvalue weighted by Gasteiger charge is -2.28. The minimum absolute atomic E-state index is 0.151.